The molecule has 2 saturated heterocycles. The first-order chi connectivity index (χ1) is 25.9. The van der Waals surface area contributed by atoms with Crippen molar-refractivity contribution in [2.24, 2.45) is 17.8 Å². The van der Waals surface area contributed by atoms with Crippen LogP contribution in [0.5, 0.6) is 0 Å². The molecule has 2 aliphatic heterocycles. The Hall–Kier alpha value is -3.75. The fraction of sp³-hybridized carbons (Fsp3) is 0.732. The smallest absolute Gasteiger partial charge is 0.328 e. The topological polar surface area (TPSA) is 173 Å². The number of benzene rings is 1. The van der Waals surface area contributed by atoms with Gasteiger partial charge in [-0.3, -0.25) is 24.1 Å². The fourth-order valence-corrected chi connectivity index (χ4v) is 8.25. The molecule has 2 heterocycles. The van der Waals surface area contributed by atoms with Crippen LogP contribution in [0.15, 0.2) is 24.3 Å². The van der Waals surface area contributed by atoms with Crippen LogP contribution in [0, 0.1) is 17.8 Å². The minimum atomic E-state index is -0.933. The van der Waals surface area contributed by atoms with E-state index in [-0.39, 0.29) is 42.4 Å². The van der Waals surface area contributed by atoms with E-state index in [1.807, 2.05) is 46.6 Å². The van der Waals surface area contributed by atoms with Gasteiger partial charge in [-0.2, -0.15) is 0 Å². The second kappa shape index (κ2) is 20.4. The van der Waals surface area contributed by atoms with Crippen molar-refractivity contribution in [2.45, 2.75) is 128 Å². The Morgan fingerprint density at radius 1 is 0.982 bits per heavy atom. The second-order valence-electron chi connectivity index (χ2n) is 16.1. The third-order valence-corrected chi connectivity index (χ3v) is 12.2. The number of nitrogens with two attached hydrogens (primary N) is 1. The highest BCUT2D eigenvalue weighted by Gasteiger charge is 2.45. The first-order valence-corrected chi connectivity index (χ1v) is 19.8. The van der Waals surface area contributed by atoms with Crippen molar-refractivity contribution < 1.29 is 38.2 Å². The molecule has 1 aromatic carbocycles. The standard InChI is InChI=1S/C41H68N6O8/c1-12-26(4)35(46(8)38(50)34(25(2)3)44-40(52)41(6)20-14-21-45(41)7)32(53-9)24-33(48)47-22-13-15-31(47)36(54-10)27(5)37(49)43-30(39(51)55-11)23-28-16-18-29(42)19-17-28/h16-19,25-27,30-32,34-36H,12-15,20-24,42H2,1-11H3,(H,43,49)(H,44,52)/t26-,27+,30-,31-,32+,34-,35-,36+,41?/m0/s1. The number of amides is 4. The number of anilines is 1. The number of esters is 1. The molecule has 0 aromatic heterocycles. The molecule has 0 saturated carbocycles. The third kappa shape index (κ3) is 11.0. The number of hydrogen-bond acceptors (Lipinski definition) is 10. The summed E-state index contributed by atoms with van der Waals surface area (Å²) in [5, 5.41) is 5.92. The summed E-state index contributed by atoms with van der Waals surface area (Å²) in [7, 11) is 8.02. The van der Waals surface area contributed by atoms with Crippen molar-refractivity contribution >= 4 is 35.3 Å². The van der Waals surface area contributed by atoms with Gasteiger partial charge in [0.05, 0.1) is 49.3 Å². The molecular formula is C41H68N6O8. The van der Waals surface area contributed by atoms with Crippen LogP contribution < -0.4 is 16.4 Å². The molecule has 1 aromatic rings. The van der Waals surface area contributed by atoms with Crippen LogP contribution in [-0.4, -0.2) is 135 Å². The van der Waals surface area contributed by atoms with Crippen molar-refractivity contribution in [1.29, 1.82) is 0 Å². The van der Waals surface area contributed by atoms with E-state index in [1.165, 1.54) is 14.2 Å². The summed E-state index contributed by atoms with van der Waals surface area (Å²) >= 11 is 0. The molecule has 0 aliphatic carbocycles. The number of methoxy groups -OCH3 is 3. The number of nitrogen functional groups attached to an aromatic ring is 1. The summed E-state index contributed by atoms with van der Waals surface area (Å²) in [4.78, 5) is 74.0. The van der Waals surface area contributed by atoms with Gasteiger partial charge in [0.25, 0.3) is 0 Å². The zero-order chi connectivity index (χ0) is 41.2. The van der Waals surface area contributed by atoms with Gasteiger partial charge in [0, 0.05) is 39.9 Å². The number of rotatable bonds is 19. The zero-order valence-electron chi connectivity index (χ0n) is 35.1. The molecule has 14 heteroatoms. The largest absolute Gasteiger partial charge is 0.467 e. The Bertz CT molecular complexity index is 1460. The normalized spacial score (nSPS) is 22.6. The average molecular weight is 773 g/mol. The first kappa shape index (κ1) is 45.6. The molecule has 9 atom stereocenters. The van der Waals surface area contributed by atoms with Gasteiger partial charge in [-0.1, -0.05) is 53.2 Å². The second-order valence-corrected chi connectivity index (χ2v) is 16.1. The van der Waals surface area contributed by atoms with Gasteiger partial charge in [0.1, 0.15) is 12.1 Å². The number of hydrogen-bond donors (Lipinski definition) is 3. The molecule has 0 bridgehead atoms. The monoisotopic (exact) mass is 773 g/mol. The summed E-state index contributed by atoms with van der Waals surface area (Å²) < 4.78 is 17.0. The van der Waals surface area contributed by atoms with Crippen LogP contribution >= 0.6 is 0 Å². The van der Waals surface area contributed by atoms with Crippen LogP contribution in [0.4, 0.5) is 5.69 Å². The highest BCUT2D eigenvalue weighted by Crippen LogP contribution is 2.31. The fourth-order valence-electron chi connectivity index (χ4n) is 8.25. The van der Waals surface area contributed by atoms with Gasteiger partial charge < -0.3 is 40.4 Å². The van der Waals surface area contributed by atoms with Crippen molar-refractivity contribution in [1.82, 2.24) is 25.3 Å². The predicted molar refractivity (Wildman–Crippen MR) is 212 cm³/mol. The van der Waals surface area contributed by atoms with E-state index < -0.39 is 59.7 Å². The molecule has 2 aliphatic rings. The Kier molecular flexibility index (Phi) is 16.9. The quantitative estimate of drug-likeness (QED) is 0.140. The van der Waals surface area contributed by atoms with Crippen LogP contribution in [0.25, 0.3) is 0 Å². The van der Waals surface area contributed by atoms with E-state index >= 15 is 0 Å². The van der Waals surface area contributed by atoms with Gasteiger partial charge in [-0.05, 0) is 75.7 Å². The van der Waals surface area contributed by atoms with Gasteiger partial charge in [-0.15, -0.1) is 0 Å². The number of nitrogens with zero attached hydrogens (tertiary/aromatic N) is 3. The highest BCUT2D eigenvalue weighted by atomic mass is 16.5. The molecule has 0 radical (unpaired) electrons. The maximum absolute atomic E-state index is 14.3. The van der Waals surface area contributed by atoms with Crippen molar-refractivity contribution in [2.75, 3.05) is 54.2 Å². The van der Waals surface area contributed by atoms with Crippen LogP contribution in [0.2, 0.25) is 0 Å². The van der Waals surface area contributed by atoms with Gasteiger partial charge in [-0.25, -0.2) is 4.79 Å². The van der Waals surface area contributed by atoms with E-state index in [1.54, 1.807) is 55.1 Å². The van der Waals surface area contributed by atoms with Gasteiger partial charge in [0.2, 0.25) is 23.6 Å². The number of carbonyl (C=O) groups excluding carboxylic acids is 5. The highest BCUT2D eigenvalue weighted by molar-refractivity contribution is 5.92. The van der Waals surface area contributed by atoms with Crippen LogP contribution in [0.1, 0.15) is 85.6 Å². The molecule has 310 valence electrons. The average Bonchev–Trinajstić information content (AvgIpc) is 3.79. The van der Waals surface area contributed by atoms with E-state index in [9.17, 15) is 24.0 Å². The van der Waals surface area contributed by atoms with Crippen molar-refractivity contribution in [3.05, 3.63) is 29.8 Å². The summed E-state index contributed by atoms with van der Waals surface area (Å²) in [5.74, 6) is -2.46. The lowest BCUT2D eigenvalue weighted by Gasteiger charge is -2.41. The maximum Gasteiger partial charge on any atom is 0.328 e. The number of likely N-dealkylation sites (N-methyl/N-ethyl adjacent to an activating group) is 2. The molecular weight excluding hydrogens is 704 g/mol. The number of likely N-dealkylation sites (tertiary alicyclic amines) is 2. The third-order valence-electron chi connectivity index (χ3n) is 12.2. The predicted octanol–water partition coefficient (Wildman–Crippen LogP) is 3.01. The Balaban J connectivity index is 1.77. The summed E-state index contributed by atoms with van der Waals surface area (Å²) in [5.41, 5.74) is 6.53. The SMILES string of the molecule is CC[C@H](C)[C@@H]([C@@H](CC(=O)N1CCC[C@H]1[C@H](OC)[C@@H](C)C(=O)N[C@@H](Cc1ccc(N)cc1)C(=O)OC)OC)N(C)C(=O)[C@@H](NC(=O)C1(C)CCCN1C)C(C)C. The van der Waals surface area contributed by atoms with Gasteiger partial charge >= 0.3 is 5.97 Å². The van der Waals surface area contributed by atoms with Crippen molar-refractivity contribution in [3.8, 4) is 0 Å². The Labute approximate surface area is 328 Å². The van der Waals surface area contributed by atoms with Crippen LogP contribution in [-0.2, 0) is 44.6 Å². The van der Waals surface area contributed by atoms with E-state index in [2.05, 4.69) is 10.6 Å². The summed E-state index contributed by atoms with van der Waals surface area (Å²) in [6.07, 6.45) is 2.63. The van der Waals surface area contributed by atoms with Crippen molar-refractivity contribution in [3.63, 3.8) is 0 Å². The molecule has 14 nitrogen and oxygen atoms in total. The molecule has 2 fully saturated rings. The molecule has 1 unspecified atom stereocenters. The Morgan fingerprint density at radius 2 is 1.64 bits per heavy atom. The zero-order valence-corrected chi connectivity index (χ0v) is 35.1. The number of carbonyl (C=O) groups is 5. The van der Waals surface area contributed by atoms with Gasteiger partial charge in [0.15, 0.2) is 0 Å². The Morgan fingerprint density at radius 3 is 2.16 bits per heavy atom. The molecule has 4 N–H and O–H groups in total. The first-order valence-electron chi connectivity index (χ1n) is 19.8. The number of ether oxygens (including phenoxy) is 3. The summed E-state index contributed by atoms with van der Waals surface area (Å²) in [6, 6.07) is 4.50. The van der Waals surface area contributed by atoms with E-state index in [4.69, 9.17) is 19.9 Å². The van der Waals surface area contributed by atoms with E-state index in [0.29, 0.717) is 18.7 Å². The summed E-state index contributed by atoms with van der Waals surface area (Å²) in [6.45, 7) is 12.9. The number of nitrogens with one attached hydrogen (secondary N) is 2. The van der Waals surface area contributed by atoms with E-state index in [0.717, 1.165) is 37.8 Å². The minimum absolute atomic E-state index is 0.00418. The molecule has 3 rings (SSSR count). The molecule has 0 spiro atoms. The lowest BCUT2D eigenvalue weighted by molar-refractivity contribution is -0.149. The molecule has 55 heavy (non-hydrogen) atoms. The lowest BCUT2D eigenvalue weighted by Crippen LogP contribution is -2.61. The minimum Gasteiger partial charge on any atom is -0.467 e. The molecule has 4 amide bonds. The maximum atomic E-state index is 14.3. The van der Waals surface area contributed by atoms with Crippen LogP contribution in [0.3, 0.4) is 0 Å². The lowest BCUT2D eigenvalue weighted by atomic mass is 9.89.